The molecular weight excluding hydrogens is 258 g/mol. The van der Waals surface area contributed by atoms with E-state index in [0.717, 1.165) is 24.2 Å². The largest absolute Gasteiger partial charge is 0.508 e. The van der Waals surface area contributed by atoms with Gasteiger partial charge in [0.1, 0.15) is 16.4 Å². The van der Waals surface area contributed by atoms with Gasteiger partial charge in [0.05, 0.1) is 5.69 Å². The van der Waals surface area contributed by atoms with Crippen LogP contribution < -0.4 is 11.1 Å². The van der Waals surface area contributed by atoms with Crippen molar-refractivity contribution in [3.05, 3.63) is 53.9 Å². The molecule has 4 N–H and O–H groups in total. The summed E-state index contributed by atoms with van der Waals surface area (Å²) in [6.45, 7) is 0.742. The van der Waals surface area contributed by atoms with Gasteiger partial charge in [-0.15, -0.1) is 0 Å². The van der Waals surface area contributed by atoms with E-state index in [9.17, 15) is 5.11 Å². The number of phenolic OH excluding ortho intramolecular Hbond substituents is 1. The molecule has 0 unspecified atom stereocenters. The van der Waals surface area contributed by atoms with E-state index in [2.05, 4.69) is 10.3 Å². The molecule has 1 aromatic heterocycles. The van der Waals surface area contributed by atoms with Crippen LogP contribution >= 0.6 is 12.2 Å². The maximum Gasteiger partial charge on any atom is 0.124 e. The molecule has 2 rings (SSSR count). The highest BCUT2D eigenvalue weighted by molar-refractivity contribution is 7.80. The molecule has 0 atom stereocenters. The third-order valence-electron chi connectivity index (χ3n) is 2.71. The predicted octanol–water partition coefficient (Wildman–Crippen LogP) is 2.08. The average Bonchev–Trinajstić information content (AvgIpc) is 2.41. The lowest BCUT2D eigenvalue weighted by atomic mass is 10.1. The maximum atomic E-state index is 9.21. The number of thiocarbonyl (C=S) groups is 1. The van der Waals surface area contributed by atoms with Crippen LogP contribution in [-0.2, 0) is 6.42 Å². The standard InChI is InChI=1S/C14H15N3OS/c15-14(19)13-12(2-1-8-17-13)16-9-7-10-3-5-11(18)6-4-10/h1-6,8,16,18H,7,9H2,(H2,15,19). The molecule has 5 heteroatoms. The van der Waals surface area contributed by atoms with Gasteiger partial charge in [-0.25, -0.2) is 0 Å². The van der Waals surface area contributed by atoms with E-state index >= 15 is 0 Å². The number of nitrogens with one attached hydrogen (secondary N) is 1. The first-order chi connectivity index (χ1) is 9.16. The Labute approximate surface area is 117 Å². The fourth-order valence-electron chi connectivity index (χ4n) is 1.75. The van der Waals surface area contributed by atoms with Crippen molar-refractivity contribution in [3.8, 4) is 5.75 Å². The van der Waals surface area contributed by atoms with Crippen molar-refractivity contribution in [2.45, 2.75) is 6.42 Å². The monoisotopic (exact) mass is 273 g/mol. The minimum atomic E-state index is 0.278. The lowest BCUT2D eigenvalue weighted by Gasteiger charge is -2.10. The van der Waals surface area contributed by atoms with Crippen LogP contribution in [-0.4, -0.2) is 21.6 Å². The Morgan fingerprint density at radius 2 is 2.00 bits per heavy atom. The number of rotatable bonds is 5. The van der Waals surface area contributed by atoms with Crippen molar-refractivity contribution in [1.82, 2.24) is 4.98 Å². The molecule has 0 aliphatic carbocycles. The zero-order valence-corrected chi connectivity index (χ0v) is 11.2. The first kappa shape index (κ1) is 13.3. The van der Waals surface area contributed by atoms with Crippen LogP contribution in [0.2, 0.25) is 0 Å². The number of hydrogen-bond donors (Lipinski definition) is 3. The molecule has 1 aromatic carbocycles. The second-order valence-electron chi connectivity index (χ2n) is 4.11. The predicted molar refractivity (Wildman–Crippen MR) is 80.4 cm³/mol. The molecule has 0 saturated heterocycles. The minimum absolute atomic E-state index is 0.278. The number of hydrogen-bond acceptors (Lipinski definition) is 4. The van der Waals surface area contributed by atoms with Gasteiger partial charge in [-0.2, -0.15) is 0 Å². The van der Waals surface area contributed by atoms with Crippen molar-refractivity contribution in [3.63, 3.8) is 0 Å². The van der Waals surface area contributed by atoms with Gasteiger partial charge in [-0.1, -0.05) is 24.4 Å². The molecule has 0 spiro atoms. The molecular formula is C14H15N3OS. The number of phenols is 1. The lowest BCUT2D eigenvalue weighted by Crippen LogP contribution is -2.16. The van der Waals surface area contributed by atoms with E-state index in [1.165, 1.54) is 0 Å². The molecule has 0 amide bonds. The summed E-state index contributed by atoms with van der Waals surface area (Å²) in [6, 6.07) is 10.9. The zero-order chi connectivity index (χ0) is 13.7. The average molecular weight is 273 g/mol. The van der Waals surface area contributed by atoms with Crippen molar-refractivity contribution < 1.29 is 5.11 Å². The topological polar surface area (TPSA) is 71.2 Å². The minimum Gasteiger partial charge on any atom is -0.508 e. The second-order valence-corrected chi connectivity index (χ2v) is 4.55. The number of nitrogens with two attached hydrogens (primary N) is 1. The van der Waals surface area contributed by atoms with Crippen LogP contribution in [0.25, 0.3) is 0 Å². The summed E-state index contributed by atoms with van der Waals surface area (Å²) in [4.78, 5) is 4.44. The molecule has 0 aliphatic rings. The maximum absolute atomic E-state index is 9.21. The summed E-state index contributed by atoms with van der Waals surface area (Å²) in [5.74, 6) is 0.278. The number of pyridine rings is 1. The molecule has 4 nitrogen and oxygen atoms in total. The Balaban J connectivity index is 1.96. The van der Waals surface area contributed by atoms with Gasteiger partial charge in [0.2, 0.25) is 0 Å². The molecule has 0 aliphatic heterocycles. The van der Waals surface area contributed by atoms with E-state index in [-0.39, 0.29) is 10.7 Å². The van der Waals surface area contributed by atoms with Crippen molar-refractivity contribution in [2.24, 2.45) is 5.73 Å². The van der Waals surface area contributed by atoms with Gasteiger partial charge >= 0.3 is 0 Å². The molecule has 0 radical (unpaired) electrons. The van der Waals surface area contributed by atoms with E-state index in [1.54, 1.807) is 18.3 Å². The number of aromatic nitrogens is 1. The summed E-state index contributed by atoms with van der Waals surface area (Å²) < 4.78 is 0. The first-order valence-corrected chi connectivity index (χ1v) is 6.34. The van der Waals surface area contributed by atoms with E-state index < -0.39 is 0 Å². The molecule has 0 fully saturated rings. The number of benzene rings is 1. The molecule has 0 bridgehead atoms. The number of nitrogens with zero attached hydrogens (tertiary/aromatic N) is 1. The SMILES string of the molecule is NC(=S)c1ncccc1NCCc1ccc(O)cc1. The zero-order valence-electron chi connectivity index (χ0n) is 10.3. The molecule has 0 saturated carbocycles. The van der Waals surface area contributed by atoms with Gasteiger partial charge in [0.25, 0.3) is 0 Å². The second kappa shape index (κ2) is 6.15. The van der Waals surface area contributed by atoms with Crippen LogP contribution in [0.4, 0.5) is 5.69 Å². The molecule has 19 heavy (non-hydrogen) atoms. The fourth-order valence-corrected chi connectivity index (χ4v) is 1.91. The molecule has 2 aromatic rings. The van der Waals surface area contributed by atoms with Gasteiger partial charge in [0, 0.05) is 12.7 Å². The quantitative estimate of drug-likeness (QED) is 0.728. The Morgan fingerprint density at radius 3 is 2.68 bits per heavy atom. The van der Waals surface area contributed by atoms with Crippen LogP contribution in [0.3, 0.4) is 0 Å². The smallest absolute Gasteiger partial charge is 0.124 e. The third-order valence-corrected chi connectivity index (χ3v) is 2.90. The van der Waals surface area contributed by atoms with Gasteiger partial charge < -0.3 is 16.2 Å². The highest BCUT2D eigenvalue weighted by atomic mass is 32.1. The van der Waals surface area contributed by atoms with Crippen LogP contribution in [0.1, 0.15) is 11.3 Å². The Morgan fingerprint density at radius 1 is 1.26 bits per heavy atom. The Bertz CT molecular complexity index is 569. The lowest BCUT2D eigenvalue weighted by molar-refractivity contribution is 0.475. The Hall–Kier alpha value is -2.14. The van der Waals surface area contributed by atoms with E-state index in [4.69, 9.17) is 18.0 Å². The fraction of sp³-hybridized carbons (Fsp3) is 0.143. The number of aromatic hydroxyl groups is 1. The molecule has 1 heterocycles. The third kappa shape index (κ3) is 3.66. The summed E-state index contributed by atoms with van der Waals surface area (Å²) in [5, 5.41) is 12.5. The van der Waals surface area contributed by atoms with Gasteiger partial charge in [-0.05, 0) is 36.2 Å². The van der Waals surface area contributed by atoms with Crippen molar-refractivity contribution in [1.29, 1.82) is 0 Å². The summed E-state index contributed by atoms with van der Waals surface area (Å²) in [7, 11) is 0. The van der Waals surface area contributed by atoms with Gasteiger partial charge in [0.15, 0.2) is 0 Å². The number of anilines is 1. The van der Waals surface area contributed by atoms with E-state index in [1.807, 2.05) is 24.3 Å². The van der Waals surface area contributed by atoms with E-state index in [0.29, 0.717) is 5.69 Å². The summed E-state index contributed by atoms with van der Waals surface area (Å²) in [6.07, 6.45) is 2.51. The summed E-state index contributed by atoms with van der Waals surface area (Å²) >= 11 is 4.96. The highest BCUT2D eigenvalue weighted by Crippen LogP contribution is 2.13. The van der Waals surface area contributed by atoms with Gasteiger partial charge in [-0.3, -0.25) is 4.98 Å². The summed E-state index contributed by atoms with van der Waals surface area (Å²) in [5.41, 5.74) is 8.22. The van der Waals surface area contributed by atoms with Crippen LogP contribution in [0.5, 0.6) is 5.75 Å². The van der Waals surface area contributed by atoms with Crippen molar-refractivity contribution >= 4 is 22.9 Å². The van der Waals surface area contributed by atoms with Crippen molar-refractivity contribution in [2.75, 3.05) is 11.9 Å². The normalized spacial score (nSPS) is 10.1. The Kier molecular flexibility index (Phi) is 4.30. The van der Waals surface area contributed by atoms with Crippen LogP contribution in [0.15, 0.2) is 42.6 Å². The van der Waals surface area contributed by atoms with Crippen LogP contribution in [0, 0.1) is 0 Å². The highest BCUT2D eigenvalue weighted by Gasteiger charge is 2.05. The molecule has 98 valence electrons. The first-order valence-electron chi connectivity index (χ1n) is 5.93.